The Balaban J connectivity index is 1.99. The maximum atomic E-state index is 13.4. The van der Waals surface area contributed by atoms with Gasteiger partial charge < -0.3 is 10.3 Å². The van der Waals surface area contributed by atoms with E-state index in [0.717, 1.165) is 10.0 Å². The molecule has 0 radical (unpaired) electrons. The lowest BCUT2D eigenvalue weighted by molar-refractivity contribution is -0.729. The fraction of sp³-hybridized carbons (Fsp3) is 0.0476. The van der Waals surface area contributed by atoms with Gasteiger partial charge in [0.15, 0.2) is 0 Å². The number of nitrogens with zero attached hydrogens (tertiary/aromatic N) is 3. The molecule has 7 nitrogen and oxygen atoms in total. The number of rotatable bonds is 4. The lowest BCUT2D eigenvalue weighted by Gasteiger charge is -2.14. The maximum Gasteiger partial charge on any atom is 0.317 e. The van der Waals surface area contributed by atoms with E-state index in [9.17, 15) is 14.9 Å². The van der Waals surface area contributed by atoms with E-state index in [2.05, 4.69) is 20.9 Å². The first-order chi connectivity index (χ1) is 14.0. The SMILES string of the molecule is Nc1ccc([N+](=O)O)cc1-c1nc2ccccc2n(Cc2ccccc2Br)c1=O. The zero-order valence-corrected chi connectivity index (χ0v) is 16.7. The zero-order chi connectivity index (χ0) is 20.5. The minimum Gasteiger partial charge on any atom is -0.398 e. The van der Waals surface area contributed by atoms with Crippen LogP contribution in [0.25, 0.3) is 22.3 Å². The monoisotopic (exact) mass is 451 g/mol. The van der Waals surface area contributed by atoms with Crippen LogP contribution in [-0.4, -0.2) is 19.7 Å². The van der Waals surface area contributed by atoms with Crippen molar-refractivity contribution in [2.75, 3.05) is 5.73 Å². The van der Waals surface area contributed by atoms with Gasteiger partial charge in [-0.05, 0) is 29.8 Å². The van der Waals surface area contributed by atoms with Crippen LogP contribution in [0.15, 0.2) is 76.0 Å². The van der Waals surface area contributed by atoms with Gasteiger partial charge in [-0.15, -0.1) is 0 Å². The van der Waals surface area contributed by atoms with Crippen LogP contribution in [-0.2, 0) is 6.54 Å². The van der Waals surface area contributed by atoms with Gasteiger partial charge in [-0.2, -0.15) is 0 Å². The number of nitrogen functional groups attached to an aromatic ring is 1. The fourth-order valence-corrected chi connectivity index (χ4v) is 3.60. The number of fused-ring (bicyclic) bond motifs is 1. The summed E-state index contributed by atoms with van der Waals surface area (Å²) in [4.78, 5) is 28.9. The highest BCUT2D eigenvalue weighted by Gasteiger charge is 2.20. The summed E-state index contributed by atoms with van der Waals surface area (Å²) in [6.45, 7) is 0.323. The lowest BCUT2D eigenvalue weighted by Crippen LogP contribution is -2.24. The molecule has 0 fully saturated rings. The van der Waals surface area contributed by atoms with E-state index in [1.807, 2.05) is 42.5 Å². The highest BCUT2D eigenvalue weighted by Crippen LogP contribution is 2.28. The summed E-state index contributed by atoms with van der Waals surface area (Å²) in [7, 11) is 0. The van der Waals surface area contributed by atoms with Crippen LogP contribution in [0.3, 0.4) is 0 Å². The molecule has 0 atom stereocenters. The van der Waals surface area contributed by atoms with Gasteiger partial charge in [-0.25, -0.2) is 10.2 Å². The Kier molecular flexibility index (Phi) is 4.85. The first-order valence-corrected chi connectivity index (χ1v) is 9.54. The van der Waals surface area contributed by atoms with Gasteiger partial charge in [0.05, 0.1) is 22.5 Å². The summed E-state index contributed by atoms with van der Waals surface area (Å²) >= 11 is 3.52. The molecule has 0 unspecified atom stereocenters. The largest absolute Gasteiger partial charge is 0.398 e. The Labute approximate surface area is 173 Å². The van der Waals surface area contributed by atoms with Crippen LogP contribution in [0, 0.1) is 4.91 Å². The lowest BCUT2D eigenvalue weighted by atomic mass is 10.1. The average molecular weight is 452 g/mol. The molecule has 1 heterocycles. The molecular formula is C21H16BrN4O3+. The second-order valence-corrected chi connectivity index (χ2v) is 7.33. The normalized spacial score (nSPS) is 10.9. The van der Waals surface area contributed by atoms with Crippen molar-refractivity contribution < 1.29 is 10.1 Å². The molecule has 144 valence electrons. The predicted molar refractivity (Wildman–Crippen MR) is 114 cm³/mol. The van der Waals surface area contributed by atoms with Crippen molar-refractivity contribution in [3.63, 3.8) is 0 Å². The van der Waals surface area contributed by atoms with Crippen LogP contribution in [0.5, 0.6) is 0 Å². The number of hydrogen-bond acceptors (Lipinski definition) is 4. The maximum absolute atomic E-state index is 13.4. The molecule has 4 rings (SSSR count). The van der Waals surface area contributed by atoms with Gasteiger partial charge in [0, 0.05) is 27.9 Å². The summed E-state index contributed by atoms with van der Waals surface area (Å²) in [6, 6.07) is 19.1. The Bertz CT molecular complexity index is 1320. The molecule has 0 saturated carbocycles. The van der Waals surface area contributed by atoms with Crippen LogP contribution in [0.2, 0.25) is 0 Å². The number of hydrogen-bond donors (Lipinski definition) is 2. The Hall–Kier alpha value is -3.52. The summed E-state index contributed by atoms with van der Waals surface area (Å²) in [5, 5.41) is 9.23. The van der Waals surface area contributed by atoms with Gasteiger partial charge >= 0.3 is 5.69 Å². The molecule has 0 aliphatic rings. The predicted octanol–water partition coefficient (Wildman–Crippen LogP) is 4.26. The number of nitrogens with two attached hydrogens (primary N) is 1. The van der Waals surface area contributed by atoms with Crippen LogP contribution in [0.4, 0.5) is 11.4 Å². The molecule has 0 spiro atoms. The van der Waals surface area contributed by atoms with E-state index in [-0.39, 0.29) is 33.1 Å². The summed E-state index contributed by atoms with van der Waals surface area (Å²) in [5.74, 6) is 0. The molecule has 0 saturated heterocycles. The molecule has 3 N–H and O–H groups in total. The third-order valence-corrected chi connectivity index (χ3v) is 5.43. The Morgan fingerprint density at radius 2 is 1.79 bits per heavy atom. The van der Waals surface area contributed by atoms with E-state index < -0.39 is 0 Å². The average Bonchev–Trinajstić information content (AvgIpc) is 2.71. The van der Waals surface area contributed by atoms with E-state index in [1.54, 1.807) is 10.6 Å². The smallest absolute Gasteiger partial charge is 0.317 e. The standard InChI is InChI=1S/C21H16BrN4O3/c22-16-6-2-1-5-13(16)12-25-19-8-4-3-7-18(19)24-20(21(25)27)15-11-14(26(28)29)9-10-17(15)23/h1-11H,12,23H2,(H,28,29)/q+1. The van der Waals surface area contributed by atoms with E-state index in [4.69, 9.17) is 5.73 Å². The first kappa shape index (κ1) is 18.8. The highest BCUT2D eigenvalue weighted by molar-refractivity contribution is 9.10. The summed E-state index contributed by atoms with van der Waals surface area (Å²) in [6.07, 6.45) is 0. The molecule has 0 aliphatic heterocycles. The molecule has 3 aromatic carbocycles. The number of anilines is 1. The van der Waals surface area contributed by atoms with Crippen molar-refractivity contribution in [3.8, 4) is 11.3 Å². The zero-order valence-electron chi connectivity index (χ0n) is 15.1. The van der Waals surface area contributed by atoms with Gasteiger partial charge in [0.2, 0.25) is 0 Å². The number of halogens is 1. The molecule has 0 amide bonds. The van der Waals surface area contributed by atoms with E-state index in [1.165, 1.54) is 18.2 Å². The quantitative estimate of drug-likeness (QED) is 0.356. The van der Waals surface area contributed by atoms with E-state index >= 15 is 0 Å². The molecule has 4 aromatic rings. The van der Waals surface area contributed by atoms with Crippen molar-refractivity contribution in [2.24, 2.45) is 0 Å². The van der Waals surface area contributed by atoms with Crippen molar-refractivity contribution >= 4 is 38.3 Å². The molecule has 0 bridgehead atoms. The Morgan fingerprint density at radius 1 is 1.07 bits per heavy atom. The second kappa shape index (κ2) is 7.48. The van der Waals surface area contributed by atoms with Crippen molar-refractivity contribution in [1.82, 2.24) is 9.55 Å². The summed E-state index contributed by atoms with van der Waals surface area (Å²) in [5.41, 5.74) is 8.57. The van der Waals surface area contributed by atoms with Crippen LogP contribution < -0.4 is 11.3 Å². The van der Waals surface area contributed by atoms with E-state index in [0.29, 0.717) is 17.6 Å². The molecule has 1 aromatic heterocycles. The minimum atomic E-state index is -0.348. The van der Waals surface area contributed by atoms with Gasteiger partial charge in [-0.1, -0.05) is 46.3 Å². The van der Waals surface area contributed by atoms with Crippen LogP contribution in [0.1, 0.15) is 5.56 Å². The molecular weight excluding hydrogens is 436 g/mol. The minimum absolute atomic E-state index is 0.0408. The molecule has 0 aliphatic carbocycles. The second-order valence-electron chi connectivity index (χ2n) is 6.48. The third-order valence-electron chi connectivity index (χ3n) is 4.65. The molecule has 29 heavy (non-hydrogen) atoms. The van der Waals surface area contributed by atoms with Gasteiger partial charge in [-0.3, -0.25) is 4.79 Å². The first-order valence-electron chi connectivity index (χ1n) is 8.74. The third kappa shape index (κ3) is 3.50. The summed E-state index contributed by atoms with van der Waals surface area (Å²) < 4.78 is 2.51. The molecule has 8 heteroatoms. The number of para-hydroxylation sites is 2. The van der Waals surface area contributed by atoms with Crippen molar-refractivity contribution in [2.45, 2.75) is 6.54 Å². The van der Waals surface area contributed by atoms with Gasteiger partial charge in [0.25, 0.3) is 10.5 Å². The topological polar surface area (TPSA) is 101 Å². The fourth-order valence-electron chi connectivity index (χ4n) is 3.19. The van der Waals surface area contributed by atoms with Crippen LogP contribution >= 0.6 is 15.9 Å². The number of aromatic nitrogens is 2. The highest BCUT2D eigenvalue weighted by atomic mass is 79.9. The van der Waals surface area contributed by atoms with Crippen molar-refractivity contribution in [1.29, 1.82) is 0 Å². The van der Waals surface area contributed by atoms with Gasteiger partial charge in [0.1, 0.15) is 5.69 Å². The Morgan fingerprint density at radius 3 is 2.55 bits per heavy atom. The van der Waals surface area contributed by atoms with Crippen molar-refractivity contribution in [3.05, 3.63) is 92.0 Å². The number of benzene rings is 3.